The van der Waals surface area contributed by atoms with Gasteiger partial charge in [0.25, 0.3) is 0 Å². The van der Waals surface area contributed by atoms with Gasteiger partial charge in [-0.15, -0.1) is 0 Å². The van der Waals surface area contributed by atoms with Crippen LogP contribution < -0.4 is 46.7 Å². The first-order valence-electron chi connectivity index (χ1n) is 22.6. The van der Waals surface area contributed by atoms with Crippen LogP contribution >= 0.6 is 0 Å². The molecule has 0 bridgehead atoms. The average molecular weight is 898 g/mol. The van der Waals surface area contributed by atoms with Crippen molar-refractivity contribution in [1.82, 2.24) is 0 Å². The highest BCUT2D eigenvalue weighted by Crippen LogP contribution is 2.47. The maximum absolute atomic E-state index is 3.01. The predicted octanol–water partition coefficient (Wildman–Crippen LogP) is 10.3. The summed E-state index contributed by atoms with van der Waals surface area (Å²) in [7, 11) is -13.5. The fourth-order valence-electron chi connectivity index (χ4n) is 12.6. The molecule has 4 rings (SSSR count). The first-order valence-corrected chi connectivity index (χ1v) is 45.7. The number of allylic oxidation sites excluding steroid dienone is 4. The van der Waals surface area contributed by atoms with Crippen LogP contribution in [0.3, 0.4) is 0 Å². The molecule has 0 heterocycles. The molecule has 1 aliphatic carbocycles. The van der Waals surface area contributed by atoms with Gasteiger partial charge in [0.05, 0.1) is 48.4 Å². The fraction of sp³-hybridized carbons (Fsp3) is 0.569. The van der Waals surface area contributed by atoms with Gasteiger partial charge in [0.2, 0.25) is 0 Å². The lowest BCUT2D eigenvalue weighted by Gasteiger charge is -2.48. The predicted molar refractivity (Wildman–Crippen MR) is 291 cm³/mol. The van der Waals surface area contributed by atoms with Crippen molar-refractivity contribution in [2.45, 2.75) is 193 Å². The van der Waals surface area contributed by atoms with Crippen molar-refractivity contribution in [1.29, 1.82) is 0 Å². The number of aryl methyl sites for hydroxylation is 3. The lowest BCUT2D eigenvalue weighted by molar-refractivity contribution is 1.09. The van der Waals surface area contributed by atoms with Crippen LogP contribution in [0.5, 0.6) is 0 Å². The first-order chi connectivity index (χ1) is 25.8. The van der Waals surface area contributed by atoms with Gasteiger partial charge in [-0.3, -0.25) is 0 Å². The quantitative estimate of drug-likeness (QED) is 0.141. The minimum Gasteiger partial charge on any atom is -0.0656 e. The maximum atomic E-state index is 2.84. The lowest BCUT2D eigenvalue weighted by Crippen LogP contribution is -2.76. The summed E-state index contributed by atoms with van der Waals surface area (Å²) < 4.78 is 0. The Labute approximate surface area is 367 Å². The van der Waals surface area contributed by atoms with Crippen LogP contribution in [0.2, 0.25) is 123 Å². The Kier molecular flexibility index (Phi) is 13.2. The molecule has 0 saturated heterocycles. The monoisotopic (exact) mass is 897 g/mol. The average Bonchev–Trinajstić information content (AvgIpc) is 3.19. The minimum absolute atomic E-state index is 0.355. The third-order valence-electron chi connectivity index (χ3n) is 14.2. The van der Waals surface area contributed by atoms with Gasteiger partial charge < -0.3 is 0 Å². The standard InChI is InChI=1S/C51H88Si7/c1-32-29-42(39(8)49(55(20,21)22)45(32)52(11,12)13)58(48-37(6)35(4)36(5)38(48)7,43-30-33(2)46(53(14,15)16)50(40(43)9)56(23,24)25)44-31-34(3)47(54(17,18)19)51(41(44)10)57(26,27)28/h29-31,48H,1-28H3. The van der Waals surface area contributed by atoms with Gasteiger partial charge in [0.1, 0.15) is 0 Å². The molecule has 0 fully saturated rings. The Bertz CT molecular complexity index is 1990. The summed E-state index contributed by atoms with van der Waals surface area (Å²) in [6.45, 7) is 72.7. The van der Waals surface area contributed by atoms with E-state index in [9.17, 15) is 0 Å². The first kappa shape index (κ1) is 49.3. The summed E-state index contributed by atoms with van der Waals surface area (Å²) >= 11 is 0. The Morgan fingerprint density at radius 2 is 0.483 bits per heavy atom. The zero-order chi connectivity index (χ0) is 45.2. The highest BCUT2D eigenvalue weighted by atomic mass is 28.3. The molecule has 0 N–H and O–H groups in total. The molecule has 0 spiro atoms. The number of hydrogen-bond donors (Lipinski definition) is 0. The lowest BCUT2D eigenvalue weighted by atomic mass is 10.1. The van der Waals surface area contributed by atoms with Crippen molar-refractivity contribution in [3.8, 4) is 0 Å². The topological polar surface area (TPSA) is 0 Å². The third-order valence-corrected chi connectivity index (χ3v) is 33.6. The van der Waals surface area contributed by atoms with E-state index >= 15 is 0 Å². The molecule has 0 radical (unpaired) electrons. The van der Waals surface area contributed by atoms with Crippen LogP contribution in [0.4, 0.5) is 0 Å². The number of benzene rings is 3. The van der Waals surface area contributed by atoms with Crippen molar-refractivity contribution in [3.05, 3.63) is 73.9 Å². The highest BCUT2D eigenvalue weighted by Gasteiger charge is 2.55. The summed E-state index contributed by atoms with van der Waals surface area (Å²) in [5.41, 5.74) is 16.4. The van der Waals surface area contributed by atoms with E-state index in [1.54, 1.807) is 91.2 Å². The molecule has 320 valence electrons. The zero-order valence-corrected chi connectivity index (χ0v) is 50.3. The van der Waals surface area contributed by atoms with Gasteiger partial charge in [0.15, 0.2) is 8.07 Å². The maximum Gasteiger partial charge on any atom is 0.160 e. The normalized spacial score (nSPS) is 15.7. The van der Waals surface area contributed by atoms with E-state index in [1.807, 2.05) is 0 Å². The molecular weight excluding hydrogens is 809 g/mol. The van der Waals surface area contributed by atoms with Crippen molar-refractivity contribution in [2.75, 3.05) is 0 Å². The molecule has 0 atom stereocenters. The summed E-state index contributed by atoms with van der Waals surface area (Å²) in [5.74, 6) is 0. The van der Waals surface area contributed by atoms with Crippen LogP contribution in [-0.2, 0) is 0 Å². The Morgan fingerprint density at radius 1 is 0.293 bits per heavy atom. The molecule has 0 saturated carbocycles. The smallest absolute Gasteiger partial charge is 0.0656 e. The SMILES string of the molecule is CC1=C(C)C([Si](c2cc(C)c([Si](C)(C)C)c([Si](C)(C)C)c2C)(c2cc(C)c([Si](C)(C)C)c([Si](C)(C)C)c2C)c2cc(C)c([Si](C)(C)C)c([Si](C)(C)C)c2C)C(C)=C1C. The van der Waals surface area contributed by atoms with Gasteiger partial charge in [-0.25, -0.2) is 0 Å². The van der Waals surface area contributed by atoms with E-state index in [0.717, 1.165) is 0 Å². The number of rotatable bonds is 10. The van der Waals surface area contributed by atoms with Gasteiger partial charge in [0, 0.05) is 5.54 Å². The molecule has 7 heteroatoms. The summed E-state index contributed by atoms with van der Waals surface area (Å²) in [4.78, 5) is 0. The van der Waals surface area contributed by atoms with Crippen LogP contribution in [0, 0.1) is 41.5 Å². The molecule has 3 aromatic carbocycles. The summed E-state index contributed by atoms with van der Waals surface area (Å²) in [5, 5.41) is 15.8. The van der Waals surface area contributed by atoms with E-state index in [-0.39, 0.29) is 0 Å². The van der Waals surface area contributed by atoms with Gasteiger partial charge in [-0.05, 0) is 95.9 Å². The molecule has 0 amide bonds. The highest BCUT2D eigenvalue weighted by molar-refractivity contribution is 7.15. The molecule has 1 aliphatic rings. The molecule has 0 unspecified atom stereocenters. The van der Waals surface area contributed by atoms with Gasteiger partial charge in [-0.1, -0.05) is 212 Å². The van der Waals surface area contributed by atoms with E-state index < -0.39 is 56.5 Å². The third kappa shape index (κ3) is 8.19. The second-order valence-corrected chi connectivity index (χ2v) is 59.0. The Morgan fingerprint density at radius 3 is 0.655 bits per heavy atom. The van der Waals surface area contributed by atoms with Crippen molar-refractivity contribution >= 4 is 103 Å². The molecule has 0 nitrogen and oxygen atoms in total. The summed E-state index contributed by atoms with van der Waals surface area (Å²) in [6, 6.07) is 8.52. The van der Waals surface area contributed by atoms with E-state index in [4.69, 9.17) is 0 Å². The zero-order valence-electron chi connectivity index (χ0n) is 43.3. The molecule has 0 aromatic heterocycles. The second-order valence-electron chi connectivity index (χ2n) is 25.2. The van der Waals surface area contributed by atoms with E-state index in [1.165, 1.54) is 11.1 Å². The number of hydrogen-bond acceptors (Lipinski definition) is 0. The van der Waals surface area contributed by atoms with Crippen molar-refractivity contribution < 1.29 is 0 Å². The van der Waals surface area contributed by atoms with Crippen LogP contribution in [-0.4, -0.2) is 56.5 Å². The van der Waals surface area contributed by atoms with Gasteiger partial charge in [-0.2, -0.15) is 0 Å². The van der Waals surface area contributed by atoms with Crippen LogP contribution in [0.15, 0.2) is 40.5 Å². The molecule has 3 aromatic rings. The Hall–Kier alpha value is -1.34. The molecule has 0 aliphatic heterocycles. The minimum atomic E-state index is -3.01. The Balaban J connectivity index is 2.69. The van der Waals surface area contributed by atoms with Crippen LogP contribution in [0.25, 0.3) is 0 Å². The van der Waals surface area contributed by atoms with Crippen molar-refractivity contribution in [3.63, 3.8) is 0 Å². The van der Waals surface area contributed by atoms with E-state index in [0.29, 0.717) is 5.54 Å². The van der Waals surface area contributed by atoms with E-state index in [2.05, 4.69) is 205 Å². The largest absolute Gasteiger partial charge is 0.160 e. The molecule has 58 heavy (non-hydrogen) atoms. The summed E-state index contributed by atoms with van der Waals surface area (Å²) in [6.07, 6.45) is 0. The second kappa shape index (κ2) is 15.5. The van der Waals surface area contributed by atoms with Gasteiger partial charge >= 0.3 is 0 Å². The molecular formula is C51H88Si7. The van der Waals surface area contributed by atoms with Crippen LogP contribution in [0.1, 0.15) is 61.1 Å². The van der Waals surface area contributed by atoms with Crippen molar-refractivity contribution in [2.24, 2.45) is 0 Å². The fourth-order valence-corrected chi connectivity index (χ4v) is 39.9.